The summed E-state index contributed by atoms with van der Waals surface area (Å²) in [7, 11) is 2.05. The molecule has 1 aromatic heterocycles. The van der Waals surface area contributed by atoms with E-state index < -0.39 is 11.8 Å². The monoisotopic (exact) mass is 280 g/mol. The van der Waals surface area contributed by atoms with E-state index in [2.05, 4.69) is 27.1 Å². The van der Waals surface area contributed by atoms with Crippen LogP contribution in [0.15, 0.2) is 12.7 Å². The van der Waals surface area contributed by atoms with Crippen molar-refractivity contribution in [3.63, 3.8) is 0 Å². The summed E-state index contributed by atoms with van der Waals surface area (Å²) in [6, 6.07) is 0. The molecule has 1 aliphatic heterocycles. The first-order valence-corrected chi connectivity index (χ1v) is 6.79. The Hall–Kier alpha value is -1.73. The standard InChI is InChI=1S/C12H16N4O2S/c1-3-5-13-10(17)11(18)15-12-14-8-4-6-16(2)7-9(8)19-12/h3H,1,4-7H2,2H3,(H,13,17)(H,14,15,18). The van der Waals surface area contributed by atoms with Gasteiger partial charge in [-0.1, -0.05) is 6.08 Å². The third-order valence-corrected chi connectivity index (χ3v) is 3.75. The van der Waals surface area contributed by atoms with Gasteiger partial charge in [0, 0.05) is 30.9 Å². The third kappa shape index (κ3) is 3.39. The average molecular weight is 280 g/mol. The van der Waals surface area contributed by atoms with Crippen molar-refractivity contribution >= 4 is 28.3 Å². The van der Waals surface area contributed by atoms with Gasteiger partial charge in [-0.2, -0.15) is 0 Å². The van der Waals surface area contributed by atoms with E-state index in [1.54, 1.807) is 0 Å². The van der Waals surface area contributed by atoms with Crippen molar-refractivity contribution in [1.82, 2.24) is 15.2 Å². The highest BCUT2D eigenvalue weighted by molar-refractivity contribution is 7.16. The molecule has 6 nitrogen and oxygen atoms in total. The summed E-state index contributed by atoms with van der Waals surface area (Å²) in [4.78, 5) is 30.7. The van der Waals surface area contributed by atoms with Gasteiger partial charge in [-0.25, -0.2) is 4.98 Å². The molecule has 2 amide bonds. The summed E-state index contributed by atoms with van der Waals surface area (Å²) in [6.07, 6.45) is 2.39. The fourth-order valence-electron chi connectivity index (χ4n) is 1.78. The lowest BCUT2D eigenvalue weighted by Crippen LogP contribution is -2.35. The molecule has 0 radical (unpaired) electrons. The Morgan fingerprint density at radius 3 is 3.05 bits per heavy atom. The first-order valence-electron chi connectivity index (χ1n) is 5.97. The Balaban J connectivity index is 1.98. The molecular weight excluding hydrogens is 264 g/mol. The summed E-state index contributed by atoms with van der Waals surface area (Å²) in [6.45, 7) is 5.54. The number of likely N-dealkylation sites (N-methyl/N-ethyl adjacent to an activating group) is 1. The Morgan fingerprint density at radius 2 is 2.32 bits per heavy atom. The van der Waals surface area contributed by atoms with Gasteiger partial charge in [-0.3, -0.25) is 14.9 Å². The molecule has 0 saturated heterocycles. The van der Waals surface area contributed by atoms with Gasteiger partial charge in [0.15, 0.2) is 5.13 Å². The zero-order chi connectivity index (χ0) is 13.8. The van der Waals surface area contributed by atoms with Crippen molar-refractivity contribution in [2.24, 2.45) is 0 Å². The van der Waals surface area contributed by atoms with Crippen molar-refractivity contribution in [2.45, 2.75) is 13.0 Å². The highest BCUT2D eigenvalue weighted by Crippen LogP contribution is 2.27. The van der Waals surface area contributed by atoms with Gasteiger partial charge in [0.2, 0.25) is 0 Å². The summed E-state index contributed by atoms with van der Waals surface area (Å²) >= 11 is 1.42. The van der Waals surface area contributed by atoms with E-state index in [1.165, 1.54) is 17.4 Å². The minimum Gasteiger partial charge on any atom is -0.344 e. The number of carbonyl (C=O) groups excluding carboxylic acids is 2. The molecule has 7 heteroatoms. The molecule has 0 unspecified atom stereocenters. The summed E-state index contributed by atoms with van der Waals surface area (Å²) in [5, 5.41) is 5.43. The van der Waals surface area contributed by atoms with Crippen LogP contribution >= 0.6 is 11.3 Å². The maximum absolute atomic E-state index is 11.6. The molecule has 19 heavy (non-hydrogen) atoms. The van der Waals surface area contributed by atoms with E-state index >= 15 is 0 Å². The number of nitrogens with one attached hydrogen (secondary N) is 2. The van der Waals surface area contributed by atoms with E-state index in [1.807, 2.05) is 7.05 Å². The van der Waals surface area contributed by atoms with E-state index in [0.29, 0.717) is 5.13 Å². The molecule has 1 aliphatic rings. The molecule has 0 aromatic carbocycles. The Labute approximate surface area is 115 Å². The van der Waals surface area contributed by atoms with E-state index in [0.717, 1.165) is 30.1 Å². The fraction of sp³-hybridized carbons (Fsp3) is 0.417. The summed E-state index contributed by atoms with van der Waals surface area (Å²) in [5.74, 6) is -1.37. The number of carbonyl (C=O) groups is 2. The first kappa shape index (κ1) is 13.7. The van der Waals surface area contributed by atoms with Crippen LogP contribution in [0, 0.1) is 0 Å². The molecule has 1 aromatic rings. The lowest BCUT2D eigenvalue weighted by Gasteiger charge is -2.20. The minimum atomic E-state index is -0.693. The minimum absolute atomic E-state index is 0.269. The van der Waals surface area contributed by atoms with E-state index in [4.69, 9.17) is 0 Å². The second-order valence-electron chi connectivity index (χ2n) is 4.33. The fourth-order valence-corrected chi connectivity index (χ4v) is 2.86. The normalized spacial score (nSPS) is 14.6. The predicted molar refractivity (Wildman–Crippen MR) is 74.0 cm³/mol. The van der Waals surface area contributed by atoms with Crippen LogP contribution in [0.5, 0.6) is 0 Å². The van der Waals surface area contributed by atoms with Crippen molar-refractivity contribution in [3.05, 3.63) is 23.2 Å². The van der Waals surface area contributed by atoms with Crippen molar-refractivity contribution in [3.8, 4) is 0 Å². The number of hydrogen-bond donors (Lipinski definition) is 2. The maximum atomic E-state index is 11.6. The molecular formula is C12H16N4O2S. The molecule has 2 heterocycles. The number of nitrogens with zero attached hydrogens (tertiary/aromatic N) is 2. The maximum Gasteiger partial charge on any atom is 0.315 e. The third-order valence-electron chi connectivity index (χ3n) is 2.76. The van der Waals surface area contributed by atoms with Gasteiger partial charge < -0.3 is 10.2 Å². The quantitative estimate of drug-likeness (QED) is 0.620. The van der Waals surface area contributed by atoms with Crippen LogP contribution in [0.4, 0.5) is 5.13 Å². The van der Waals surface area contributed by atoms with Crippen LogP contribution < -0.4 is 10.6 Å². The zero-order valence-electron chi connectivity index (χ0n) is 10.7. The topological polar surface area (TPSA) is 74.3 Å². The number of fused-ring (bicyclic) bond motifs is 1. The Bertz CT molecular complexity index is 512. The molecule has 2 N–H and O–H groups in total. The van der Waals surface area contributed by atoms with E-state index in [9.17, 15) is 9.59 Å². The van der Waals surface area contributed by atoms with E-state index in [-0.39, 0.29) is 6.54 Å². The van der Waals surface area contributed by atoms with Crippen molar-refractivity contribution in [1.29, 1.82) is 0 Å². The number of aromatic nitrogens is 1. The van der Waals surface area contributed by atoms with Gasteiger partial charge in [0.05, 0.1) is 5.69 Å². The number of thiazole rings is 1. The van der Waals surface area contributed by atoms with Gasteiger partial charge in [0.25, 0.3) is 0 Å². The van der Waals surface area contributed by atoms with Crippen LogP contribution in [0.25, 0.3) is 0 Å². The van der Waals surface area contributed by atoms with Gasteiger partial charge in [-0.05, 0) is 7.05 Å². The lowest BCUT2D eigenvalue weighted by molar-refractivity contribution is -0.136. The van der Waals surface area contributed by atoms with Gasteiger partial charge in [-0.15, -0.1) is 17.9 Å². The largest absolute Gasteiger partial charge is 0.344 e. The summed E-state index contributed by atoms with van der Waals surface area (Å²) in [5.41, 5.74) is 1.02. The van der Waals surface area contributed by atoms with Crippen LogP contribution in [0.2, 0.25) is 0 Å². The second-order valence-corrected chi connectivity index (χ2v) is 5.41. The molecule has 2 rings (SSSR count). The number of amides is 2. The highest BCUT2D eigenvalue weighted by atomic mass is 32.1. The SMILES string of the molecule is C=CCNC(=O)C(=O)Nc1nc2c(s1)CN(C)CC2. The summed E-state index contributed by atoms with van der Waals surface area (Å²) < 4.78 is 0. The highest BCUT2D eigenvalue weighted by Gasteiger charge is 2.20. The molecule has 0 aliphatic carbocycles. The average Bonchev–Trinajstić information content (AvgIpc) is 2.77. The number of hydrogen-bond acceptors (Lipinski definition) is 5. The smallest absolute Gasteiger partial charge is 0.315 e. The van der Waals surface area contributed by atoms with Crippen molar-refractivity contribution in [2.75, 3.05) is 25.5 Å². The molecule has 0 atom stereocenters. The predicted octanol–water partition coefficient (Wildman–Crippen LogP) is 0.372. The van der Waals surface area contributed by atoms with Gasteiger partial charge in [0.1, 0.15) is 0 Å². The van der Waals surface area contributed by atoms with Crippen LogP contribution in [0.1, 0.15) is 10.6 Å². The molecule has 0 fully saturated rings. The Kier molecular flexibility index (Phi) is 4.28. The van der Waals surface area contributed by atoms with Crippen LogP contribution in [-0.2, 0) is 22.6 Å². The molecule has 0 spiro atoms. The lowest BCUT2D eigenvalue weighted by atomic mass is 10.2. The van der Waals surface area contributed by atoms with Crippen LogP contribution in [0.3, 0.4) is 0 Å². The number of rotatable bonds is 3. The van der Waals surface area contributed by atoms with Crippen LogP contribution in [-0.4, -0.2) is 41.8 Å². The van der Waals surface area contributed by atoms with Crippen molar-refractivity contribution < 1.29 is 9.59 Å². The molecule has 102 valence electrons. The second kappa shape index (κ2) is 5.94. The van der Waals surface area contributed by atoms with Gasteiger partial charge >= 0.3 is 11.8 Å². The number of anilines is 1. The molecule has 0 bridgehead atoms. The molecule has 0 saturated carbocycles. The Morgan fingerprint density at radius 1 is 1.53 bits per heavy atom. The zero-order valence-corrected chi connectivity index (χ0v) is 11.5. The first-order chi connectivity index (χ1) is 9.10.